The van der Waals surface area contributed by atoms with Gasteiger partial charge in [0.1, 0.15) is 11.4 Å². The zero-order valence-corrected chi connectivity index (χ0v) is 10.8. The van der Waals surface area contributed by atoms with E-state index in [4.69, 9.17) is 10.5 Å². The molecule has 0 radical (unpaired) electrons. The summed E-state index contributed by atoms with van der Waals surface area (Å²) >= 11 is 0. The van der Waals surface area contributed by atoms with Crippen LogP contribution in [0.3, 0.4) is 0 Å². The van der Waals surface area contributed by atoms with Gasteiger partial charge in [-0.05, 0) is 34.1 Å². The standard InChI is InChI=1S/C12H21N3O/c1-6-12(5,16-7-2)11-14-9(4)8(3)10(13)15-11/h6-7H2,1-5H3,(H2,13,14,15). The van der Waals surface area contributed by atoms with Crippen LogP contribution in [0.2, 0.25) is 0 Å². The van der Waals surface area contributed by atoms with Crippen LogP contribution in [0.1, 0.15) is 44.3 Å². The third kappa shape index (κ3) is 2.32. The molecule has 0 aromatic carbocycles. The first-order valence-corrected chi connectivity index (χ1v) is 5.69. The summed E-state index contributed by atoms with van der Waals surface area (Å²) in [6.07, 6.45) is 0.822. The van der Waals surface area contributed by atoms with Crippen LogP contribution in [0, 0.1) is 13.8 Å². The fourth-order valence-electron chi connectivity index (χ4n) is 1.53. The van der Waals surface area contributed by atoms with Crippen molar-refractivity contribution in [3.63, 3.8) is 0 Å². The number of anilines is 1. The van der Waals surface area contributed by atoms with E-state index in [1.807, 2.05) is 27.7 Å². The maximum Gasteiger partial charge on any atom is 0.162 e. The Balaban J connectivity index is 3.21. The Morgan fingerprint density at radius 1 is 1.25 bits per heavy atom. The molecule has 0 bridgehead atoms. The normalized spacial score (nSPS) is 14.8. The Labute approximate surface area is 97.2 Å². The van der Waals surface area contributed by atoms with E-state index >= 15 is 0 Å². The third-order valence-electron chi connectivity index (χ3n) is 3.04. The van der Waals surface area contributed by atoms with Crippen molar-refractivity contribution < 1.29 is 4.74 Å². The molecule has 0 fully saturated rings. The molecule has 0 aliphatic carbocycles. The number of hydrogen-bond donors (Lipinski definition) is 1. The van der Waals surface area contributed by atoms with Gasteiger partial charge in [0.05, 0.1) is 0 Å². The molecular formula is C12H21N3O. The maximum atomic E-state index is 5.86. The van der Waals surface area contributed by atoms with Crippen molar-refractivity contribution in [2.24, 2.45) is 0 Å². The van der Waals surface area contributed by atoms with Crippen molar-refractivity contribution >= 4 is 5.82 Å². The maximum absolute atomic E-state index is 5.86. The first-order valence-electron chi connectivity index (χ1n) is 5.69. The topological polar surface area (TPSA) is 61.0 Å². The molecule has 0 amide bonds. The fraction of sp³-hybridized carbons (Fsp3) is 0.667. The van der Waals surface area contributed by atoms with Crippen molar-refractivity contribution in [3.05, 3.63) is 17.1 Å². The lowest BCUT2D eigenvalue weighted by molar-refractivity contribution is -0.0390. The second kappa shape index (κ2) is 4.78. The van der Waals surface area contributed by atoms with E-state index in [0.717, 1.165) is 17.7 Å². The van der Waals surface area contributed by atoms with E-state index in [9.17, 15) is 0 Å². The minimum Gasteiger partial charge on any atom is -0.383 e. The minimum atomic E-state index is -0.443. The lowest BCUT2D eigenvalue weighted by Crippen LogP contribution is -2.28. The first-order chi connectivity index (χ1) is 7.44. The molecule has 90 valence electrons. The molecule has 1 atom stereocenters. The van der Waals surface area contributed by atoms with Gasteiger partial charge in [-0.25, -0.2) is 9.97 Å². The van der Waals surface area contributed by atoms with E-state index < -0.39 is 5.60 Å². The predicted octanol–water partition coefficient (Wildman–Crippen LogP) is 2.34. The smallest absolute Gasteiger partial charge is 0.162 e. The SMILES string of the molecule is CCOC(C)(CC)c1nc(C)c(C)c(N)n1. The fourth-order valence-corrected chi connectivity index (χ4v) is 1.53. The van der Waals surface area contributed by atoms with Crippen molar-refractivity contribution in [1.29, 1.82) is 0 Å². The summed E-state index contributed by atoms with van der Waals surface area (Å²) in [7, 11) is 0. The summed E-state index contributed by atoms with van der Waals surface area (Å²) < 4.78 is 5.73. The van der Waals surface area contributed by atoms with Crippen molar-refractivity contribution in [2.45, 2.75) is 46.6 Å². The van der Waals surface area contributed by atoms with Crippen LogP contribution < -0.4 is 5.73 Å². The molecule has 4 nitrogen and oxygen atoms in total. The molecule has 1 unspecified atom stereocenters. The molecular weight excluding hydrogens is 202 g/mol. The molecule has 1 rings (SSSR count). The van der Waals surface area contributed by atoms with Crippen LogP contribution in [-0.4, -0.2) is 16.6 Å². The number of ether oxygens (including phenoxy) is 1. The van der Waals surface area contributed by atoms with Gasteiger partial charge in [-0.3, -0.25) is 0 Å². The van der Waals surface area contributed by atoms with E-state index in [-0.39, 0.29) is 0 Å². The highest BCUT2D eigenvalue weighted by Crippen LogP contribution is 2.27. The molecule has 0 saturated carbocycles. The van der Waals surface area contributed by atoms with Gasteiger partial charge in [-0.2, -0.15) is 0 Å². The van der Waals surface area contributed by atoms with Crippen LogP contribution in [0.25, 0.3) is 0 Å². The second-order valence-corrected chi connectivity index (χ2v) is 4.16. The van der Waals surface area contributed by atoms with E-state index in [2.05, 4.69) is 16.9 Å². The lowest BCUT2D eigenvalue weighted by Gasteiger charge is -2.27. The first kappa shape index (κ1) is 12.9. The number of nitrogen functional groups attached to an aromatic ring is 1. The lowest BCUT2D eigenvalue weighted by atomic mass is 10.0. The summed E-state index contributed by atoms with van der Waals surface area (Å²) in [4.78, 5) is 8.82. The van der Waals surface area contributed by atoms with Crippen LogP contribution >= 0.6 is 0 Å². The van der Waals surface area contributed by atoms with E-state index in [0.29, 0.717) is 18.2 Å². The molecule has 0 aliphatic rings. The van der Waals surface area contributed by atoms with E-state index in [1.165, 1.54) is 0 Å². The highest BCUT2D eigenvalue weighted by atomic mass is 16.5. The van der Waals surface area contributed by atoms with Gasteiger partial charge in [0.25, 0.3) is 0 Å². The van der Waals surface area contributed by atoms with Crippen LogP contribution in [0.5, 0.6) is 0 Å². The second-order valence-electron chi connectivity index (χ2n) is 4.16. The molecule has 1 aromatic rings. The number of rotatable bonds is 4. The molecule has 0 aliphatic heterocycles. The summed E-state index contributed by atoms with van der Waals surface area (Å²) in [6.45, 7) is 10.5. The molecule has 4 heteroatoms. The average molecular weight is 223 g/mol. The third-order valence-corrected chi connectivity index (χ3v) is 3.04. The van der Waals surface area contributed by atoms with Crippen LogP contribution in [-0.2, 0) is 10.3 Å². The highest BCUT2D eigenvalue weighted by Gasteiger charge is 2.29. The van der Waals surface area contributed by atoms with Gasteiger partial charge in [0.2, 0.25) is 0 Å². The van der Waals surface area contributed by atoms with Gasteiger partial charge in [-0.1, -0.05) is 6.92 Å². The van der Waals surface area contributed by atoms with Crippen molar-refractivity contribution in [1.82, 2.24) is 9.97 Å². The van der Waals surface area contributed by atoms with Crippen LogP contribution in [0.4, 0.5) is 5.82 Å². The number of aromatic nitrogens is 2. The number of nitrogens with two attached hydrogens (primary N) is 1. The molecule has 2 N–H and O–H groups in total. The molecule has 16 heavy (non-hydrogen) atoms. The van der Waals surface area contributed by atoms with Gasteiger partial charge in [0.15, 0.2) is 5.82 Å². The largest absolute Gasteiger partial charge is 0.383 e. The molecule has 1 aromatic heterocycles. The number of aryl methyl sites for hydroxylation is 1. The molecule has 0 spiro atoms. The Morgan fingerprint density at radius 2 is 1.88 bits per heavy atom. The number of hydrogen-bond acceptors (Lipinski definition) is 4. The van der Waals surface area contributed by atoms with Crippen molar-refractivity contribution in [3.8, 4) is 0 Å². The monoisotopic (exact) mass is 223 g/mol. The summed E-state index contributed by atoms with van der Waals surface area (Å²) in [6, 6.07) is 0. The Hall–Kier alpha value is -1.16. The summed E-state index contributed by atoms with van der Waals surface area (Å²) in [5.41, 5.74) is 7.28. The Bertz CT molecular complexity index is 356. The zero-order chi connectivity index (χ0) is 12.3. The van der Waals surface area contributed by atoms with Gasteiger partial charge >= 0.3 is 0 Å². The summed E-state index contributed by atoms with van der Waals surface area (Å²) in [5.74, 6) is 1.22. The Kier molecular flexibility index (Phi) is 3.86. The Morgan fingerprint density at radius 3 is 2.31 bits per heavy atom. The highest BCUT2D eigenvalue weighted by molar-refractivity contribution is 5.41. The predicted molar refractivity (Wildman–Crippen MR) is 65.2 cm³/mol. The van der Waals surface area contributed by atoms with E-state index in [1.54, 1.807) is 0 Å². The zero-order valence-electron chi connectivity index (χ0n) is 10.8. The number of nitrogens with zero attached hydrogens (tertiary/aromatic N) is 2. The quantitative estimate of drug-likeness (QED) is 0.851. The van der Waals surface area contributed by atoms with Gasteiger partial charge in [-0.15, -0.1) is 0 Å². The molecule has 0 saturated heterocycles. The minimum absolute atomic E-state index is 0.443. The summed E-state index contributed by atoms with van der Waals surface area (Å²) in [5, 5.41) is 0. The average Bonchev–Trinajstić information content (AvgIpc) is 2.25. The molecule has 1 heterocycles. The van der Waals surface area contributed by atoms with Crippen molar-refractivity contribution in [2.75, 3.05) is 12.3 Å². The van der Waals surface area contributed by atoms with Gasteiger partial charge in [0, 0.05) is 17.9 Å². The van der Waals surface area contributed by atoms with Crippen LogP contribution in [0.15, 0.2) is 0 Å². The van der Waals surface area contributed by atoms with Gasteiger partial charge < -0.3 is 10.5 Å².